The standard InChI is InChI=1S/C16H22N2O4S.ClH/c1-11-3-4-12(16(19)22-2)9-15(11)23(20,21)18-8-7-13-5-6-14(10-18)17-13;/h3-4,9,13-14,17H,5-8,10H2,1-2H3;1H. The highest BCUT2D eigenvalue weighted by atomic mass is 35.5. The number of methoxy groups -OCH3 is 1. The molecule has 8 heteroatoms. The summed E-state index contributed by atoms with van der Waals surface area (Å²) >= 11 is 0. The summed E-state index contributed by atoms with van der Waals surface area (Å²) in [7, 11) is -2.33. The van der Waals surface area contributed by atoms with Crippen LogP contribution in [0.15, 0.2) is 23.1 Å². The molecule has 3 rings (SSSR count). The van der Waals surface area contributed by atoms with E-state index >= 15 is 0 Å². The molecule has 2 bridgehead atoms. The Labute approximate surface area is 149 Å². The Bertz CT molecular complexity index is 723. The topological polar surface area (TPSA) is 75.7 Å². The third-order valence-corrected chi connectivity index (χ3v) is 6.72. The van der Waals surface area contributed by atoms with E-state index in [1.807, 2.05) is 0 Å². The van der Waals surface area contributed by atoms with Crippen LogP contribution in [0.5, 0.6) is 0 Å². The van der Waals surface area contributed by atoms with Crippen molar-refractivity contribution >= 4 is 28.4 Å². The van der Waals surface area contributed by atoms with E-state index < -0.39 is 16.0 Å². The second kappa shape index (κ2) is 7.39. The molecule has 2 fully saturated rings. The molecule has 0 radical (unpaired) electrons. The van der Waals surface area contributed by atoms with E-state index in [4.69, 9.17) is 4.74 Å². The van der Waals surface area contributed by atoms with Gasteiger partial charge in [0, 0.05) is 25.2 Å². The monoisotopic (exact) mass is 374 g/mol. The number of rotatable bonds is 3. The molecule has 134 valence electrons. The van der Waals surface area contributed by atoms with Crippen molar-refractivity contribution in [1.29, 1.82) is 0 Å². The molecule has 0 amide bonds. The Kier molecular flexibility index (Phi) is 5.91. The highest BCUT2D eigenvalue weighted by Gasteiger charge is 2.35. The van der Waals surface area contributed by atoms with Crippen LogP contribution in [0.2, 0.25) is 0 Å². The predicted molar refractivity (Wildman–Crippen MR) is 93.1 cm³/mol. The van der Waals surface area contributed by atoms with Crippen molar-refractivity contribution in [3.05, 3.63) is 29.3 Å². The van der Waals surface area contributed by atoms with Gasteiger partial charge in [-0.3, -0.25) is 0 Å². The molecule has 1 aromatic carbocycles. The van der Waals surface area contributed by atoms with Crippen LogP contribution >= 0.6 is 12.4 Å². The van der Waals surface area contributed by atoms with Crippen molar-refractivity contribution < 1.29 is 17.9 Å². The molecule has 1 N–H and O–H groups in total. The van der Waals surface area contributed by atoms with Crippen molar-refractivity contribution in [2.45, 2.75) is 43.2 Å². The number of halogens is 1. The van der Waals surface area contributed by atoms with Gasteiger partial charge >= 0.3 is 5.97 Å². The van der Waals surface area contributed by atoms with Crippen molar-refractivity contribution in [1.82, 2.24) is 9.62 Å². The average Bonchev–Trinajstić information content (AvgIpc) is 2.85. The summed E-state index contributed by atoms with van der Waals surface area (Å²) < 4.78 is 32.3. The zero-order valence-corrected chi connectivity index (χ0v) is 15.5. The number of esters is 1. The van der Waals surface area contributed by atoms with Crippen LogP contribution in [-0.4, -0.2) is 51.0 Å². The fourth-order valence-electron chi connectivity index (χ4n) is 3.39. The minimum absolute atomic E-state index is 0. The van der Waals surface area contributed by atoms with Crippen molar-refractivity contribution in [3.63, 3.8) is 0 Å². The lowest BCUT2D eigenvalue weighted by molar-refractivity contribution is 0.0600. The minimum atomic E-state index is -3.62. The van der Waals surface area contributed by atoms with Gasteiger partial charge in [0.25, 0.3) is 0 Å². The Hall–Kier alpha value is -1.15. The van der Waals surface area contributed by atoms with Gasteiger partial charge in [-0.15, -0.1) is 12.4 Å². The van der Waals surface area contributed by atoms with Gasteiger partial charge in [-0.2, -0.15) is 4.31 Å². The second-order valence-corrected chi connectivity index (χ2v) is 8.17. The molecule has 0 spiro atoms. The SMILES string of the molecule is COC(=O)c1ccc(C)c(S(=O)(=O)N2CCC3CCC(C2)N3)c1.Cl. The van der Waals surface area contributed by atoms with Gasteiger partial charge in [0.2, 0.25) is 10.0 Å². The molecule has 2 saturated heterocycles. The zero-order chi connectivity index (χ0) is 16.6. The summed E-state index contributed by atoms with van der Waals surface area (Å²) in [6.07, 6.45) is 2.96. The highest BCUT2D eigenvalue weighted by Crippen LogP contribution is 2.27. The lowest BCUT2D eigenvalue weighted by Crippen LogP contribution is -2.39. The normalized spacial score (nSPS) is 24.1. The Morgan fingerprint density at radius 3 is 2.67 bits per heavy atom. The van der Waals surface area contributed by atoms with Crippen LogP contribution in [0, 0.1) is 6.92 Å². The van der Waals surface area contributed by atoms with Gasteiger partial charge in [0.1, 0.15) is 0 Å². The van der Waals surface area contributed by atoms with Gasteiger partial charge in [-0.1, -0.05) is 6.07 Å². The first-order valence-electron chi connectivity index (χ1n) is 7.87. The second-order valence-electron chi connectivity index (χ2n) is 6.26. The van der Waals surface area contributed by atoms with E-state index in [2.05, 4.69) is 5.32 Å². The summed E-state index contributed by atoms with van der Waals surface area (Å²) in [5.74, 6) is -0.530. The Balaban J connectivity index is 0.00000208. The highest BCUT2D eigenvalue weighted by molar-refractivity contribution is 7.89. The number of hydrogen-bond acceptors (Lipinski definition) is 5. The summed E-state index contributed by atoms with van der Waals surface area (Å²) in [5, 5.41) is 3.48. The molecule has 24 heavy (non-hydrogen) atoms. The summed E-state index contributed by atoms with van der Waals surface area (Å²) in [5.41, 5.74) is 0.895. The zero-order valence-electron chi connectivity index (χ0n) is 13.8. The number of sulfonamides is 1. The molecular weight excluding hydrogens is 352 g/mol. The number of nitrogens with one attached hydrogen (secondary N) is 1. The third-order valence-electron chi connectivity index (χ3n) is 4.71. The van der Waals surface area contributed by atoms with Gasteiger partial charge in [-0.25, -0.2) is 13.2 Å². The van der Waals surface area contributed by atoms with E-state index in [0.29, 0.717) is 24.7 Å². The molecular formula is C16H23ClN2O4S. The lowest BCUT2D eigenvalue weighted by Gasteiger charge is -2.24. The molecule has 2 heterocycles. The van der Waals surface area contributed by atoms with Gasteiger partial charge in [0.15, 0.2) is 0 Å². The number of hydrogen-bond donors (Lipinski definition) is 1. The molecule has 2 atom stereocenters. The van der Waals surface area contributed by atoms with E-state index in [1.165, 1.54) is 13.2 Å². The number of aryl methyl sites for hydroxylation is 1. The van der Waals surface area contributed by atoms with Crippen molar-refractivity contribution in [2.24, 2.45) is 0 Å². The molecule has 2 aliphatic rings. The van der Waals surface area contributed by atoms with Crippen LogP contribution in [0.4, 0.5) is 0 Å². The minimum Gasteiger partial charge on any atom is -0.465 e. The first-order valence-corrected chi connectivity index (χ1v) is 9.31. The van der Waals surface area contributed by atoms with Crippen LogP contribution in [0.3, 0.4) is 0 Å². The number of fused-ring (bicyclic) bond motifs is 2. The maximum atomic E-state index is 13.0. The number of benzene rings is 1. The maximum Gasteiger partial charge on any atom is 0.337 e. The first kappa shape index (κ1) is 19.2. The van der Waals surface area contributed by atoms with Gasteiger partial charge < -0.3 is 10.1 Å². The summed E-state index contributed by atoms with van der Waals surface area (Å²) in [4.78, 5) is 11.9. The van der Waals surface area contributed by atoms with E-state index in [0.717, 1.165) is 19.3 Å². The molecule has 0 aliphatic carbocycles. The quantitative estimate of drug-likeness (QED) is 0.815. The largest absolute Gasteiger partial charge is 0.465 e. The molecule has 0 saturated carbocycles. The van der Waals surface area contributed by atoms with Crippen LogP contribution in [0.25, 0.3) is 0 Å². The summed E-state index contributed by atoms with van der Waals surface area (Å²) in [6, 6.07) is 5.31. The fourth-order valence-corrected chi connectivity index (χ4v) is 5.14. The molecule has 1 aromatic rings. The van der Waals surface area contributed by atoms with Crippen molar-refractivity contribution in [3.8, 4) is 0 Å². The number of carbonyl (C=O) groups is 1. The van der Waals surface area contributed by atoms with Crippen LogP contribution in [-0.2, 0) is 14.8 Å². The summed E-state index contributed by atoms with van der Waals surface area (Å²) in [6.45, 7) is 2.75. The van der Waals surface area contributed by atoms with Gasteiger partial charge in [-0.05, 0) is 43.9 Å². The van der Waals surface area contributed by atoms with E-state index in [-0.39, 0.29) is 28.9 Å². The molecule has 2 unspecified atom stereocenters. The van der Waals surface area contributed by atoms with E-state index in [9.17, 15) is 13.2 Å². The third kappa shape index (κ3) is 3.59. The molecule has 0 aromatic heterocycles. The molecule has 6 nitrogen and oxygen atoms in total. The lowest BCUT2D eigenvalue weighted by atomic mass is 10.1. The number of ether oxygens (including phenoxy) is 1. The first-order chi connectivity index (χ1) is 10.9. The van der Waals surface area contributed by atoms with Crippen molar-refractivity contribution in [2.75, 3.05) is 20.2 Å². The number of nitrogens with zero attached hydrogens (tertiary/aromatic N) is 1. The number of carbonyl (C=O) groups excluding carboxylic acids is 1. The van der Waals surface area contributed by atoms with E-state index in [1.54, 1.807) is 23.4 Å². The predicted octanol–water partition coefficient (Wildman–Crippen LogP) is 1.72. The van der Waals surface area contributed by atoms with Crippen LogP contribution < -0.4 is 5.32 Å². The maximum absolute atomic E-state index is 13.0. The fraction of sp³-hybridized carbons (Fsp3) is 0.562. The Morgan fingerprint density at radius 1 is 1.25 bits per heavy atom. The molecule has 2 aliphatic heterocycles. The average molecular weight is 375 g/mol. The van der Waals surface area contributed by atoms with Crippen LogP contribution in [0.1, 0.15) is 35.2 Å². The smallest absolute Gasteiger partial charge is 0.337 e. The Morgan fingerprint density at radius 2 is 1.96 bits per heavy atom. The van der Waals surface area contributed by atoms with Gasteiger partial charge in [0.05, 0.1) is 17.6 Å².